The predicted molar refractivity (Wildman–Crippen MR) is 122 cm³/mol. The van der Waals surface area contributed by atoms with E-state index < -0.39 is 17.1 Å². The standard InChI is InChI=1S/C27H33NO5/c1-16-11-21-20-7-6-17-12-18(29)8-9-25(17,2)24(20)22(30)13-26(21,3)27(16,32)23(31)15-33-19-5-4-10-28-14-19/h4-5,8-10,12,14,16,20-22,24,30,32H,6-7,11,13,15H2,1-3H3/t16-,20?,21?,22+,24?,25?,26?,27+/m1/s1. The summed E-state index contributed by atoms with van der Waals surface area (Å²) < 4.78 is 5.67. The zero-order chi connectivity index (χ0) is 23.6. The number of aliphatic hydroxyl groups is 2. The molecule has 0 amide bonds. The van der Waals surface area contributed by atoms with Crippen LogP contribution >= 0.6 is 0 Å². The highest BCUT2D eigenvalue weighted by Crippen LogP contribution is 2.68. The Kier molecular flexibility index (Phi) is 5.18. The molecule has 8 atom stereocenters. The summed E-state index contributed by atoms with van der Waals surface area (Å²) in [6, 6.07) is 3.47. The van der Waals surface area contributed by atoms with Crippen LogP contribution in [-0.2, 0) is 9.59 Å². The Labute approximate surface area is 194 Å². The lowest BCUT2D eigenvalue weighted by atomic mass is 9.46. The van der Waals surface area contributed by atoms with Crippen molar-refractivity contribution in [2.75, 3.05) is 6.61 Å². The zero-order valence-corrected chi connectivity index (χ0v) is 19.5. The molecule has 1 heterocycles. The number of nitrogens with zero attached hydrogens (tertiary/aromatic N) is 1. The van der Waals surface area contributed by atoms with E-state index in [0.29, 0.717) is 12.2 Å². The summed E-state index contributed by atoms with van der Waals surface area (Å²) in [5.74, 6) is 0.177. The minimum absolute atomic E-state index is 0.0131. The summed E-state index contributed by atoms with van der Waals surface area (Å²) in [6.45, 7) is 5.83. The number of fused-ring (bicyclic) bond motifs is 5. The van der Waals surface area contributed by atoms with E-state index in [1.807, 2.05) is 19.9 Å². The second-order valence-corrected chi connectivity index (χ2v) is 11.0. The summed E-state index contributed by atoms with van der Waals surface area (Å²) in [4.78, 5) is 29.5. The van der Waals surface area contributed by atoms with Crippen molar-refractivity contribution >= 4 is 11.6 Å². The van der Waals surface area contributed by atoms with Gasteiger partial charge in [0, 0.05) is 22.9 Å². The molecule has 3 fully saturated rings. The van der Waals surface area contributed by atoms with Crippen LogP contribution in [0, 0.1) is 34.5 Å². The van der Waals surface area contributed by atoms with Crippen molar-refractivity contribution in [1.29, 1.82) is 0 Å². The number of pyridine rings is 1. The van der Waals surface area contributed by atoms with E-state index in [0.717, 1.165) is 24.8 Å². The van der Waals surface area contributed by atoms with Crippen LogP contribution in [0.4, 0.5) is 0 Å². The van der Waals surface area contributed by atoms with E-state index in [2.05, 4.69) is 11.9 Å². The molecular weight excluding hydrogens is 418 g/mol. The average Bonchev–Trinajstić information content (AvgIpc) is 2.99. The highest BCUT2D eigenvalue weighted by Gasteiger charge is 2.70. The van der Waals surface area contributed by atoms with Crippen LogP contribution in [0.2, 0.25) is 0 Å². The summed E-state index contributed by atoms with van der Waals surface area (Å²) in [5, 5.41) is 23.5. The lowest BCUT2D eigenvalue weighted by Crippen LogP contribution is -2.63. The molecule has 4 aliphatic carbocycles. The van der Waals surface area contributed by atoms with Gasteiger partial charge in [-0.1, -0.05) is 32.4 Å². The number of aromatic nitrogens is 1. The van der Waals surface area contributed by atoms with Crippen molar-refractivity contribution in [2.45, 2.75) is 58.2 Å². The molecule has 0 saturated heterocycles. The molecule has 1 aromatic heterocycles. The van der Waals surface area contributed by atoms with Crippen LogP contribution in [-0.4, -0.2) is 45.1 Å². The van der Waals surface area contributed by atoms with Gasteiger partial charge in [-0.15, -0.1) is 0 Å². The van der Waals surface area contributed by atoms with E-state index in [-0.39, 0.29) is 47.3 Å². The van der Waals surface area contributed by atoms with E-state index in [4.69, 9.17) is 4.74 Å². The van der Waals surface area contributed by atoms with Crippen molar-refractivity contribution < 1.29 is 24.5 Å². The SMILES string of the molecule is C[C@@H]1CC2C3CCC4=CC(=O)C=CC4(C)C3[C@@H](O)CC2(C)[C@@]1(O)C(=O)COc1cccnc1. The Bertz CT molecular complexity index is 1030. The number of carbonyl (C=O) groups excluding carboxylic acids is 2. The minimum atomic E-state index is -1.57. The highest BCUT2D eigenvalue weighted by atomic mass is 16.5. The first-order chi connectivity index (χ1) is 15.6. The number of ketones is 2. The summed E-state index contributed by atoms with van der Waals surface area (Å²) >= 11 is 0. The van der Waals surface area contributed by atoms with Crippen LogP contribution in [0.15, 0.2) is 48.3 Å². The lowest BCUT2D eigenvalue weighted by Gasteiger charge is -2.59. The second kappa shape index (κ2) is 7.60. The number of hydrogen-bond acceptors (Lipinski definition) is 6. The number of allylic oxidation sites excluding steroid dienone is 4. The van der Waals surface area contributed by atoms with Crippen LogP contribution in [0.5, 0.6) is 5.75 Å². The first kappa shape index (κ1) is 22.5. The quantitative estimate of drug-likeness (QED) is 0.729. The summed E-state index contributed by atoms with van der Waals surface area (Å²) in [7, 11) is 0. The Morgan fingerprint density at radius 3 is 2.85 bits per heavy atom. The number of aliphatic hydroxyl groups excluding tert-OH is 1. The van der Waals surface area contributed by atoms with Gasteiger partial charge < -0.3 is 14.9 Å². The topological polar surface area (TPSA) is 96.7 Å². The molecule has 4 aliphatic rings. The van der Waals surface area contributed by atoms with Crippen molar-refractivity contribution in [1.82, 2.24) is 4.98 Å². The molecular formula is C27H33NO5. The average molecular weight is 452 g/mol. The van der Waals surface area contributed by atoms with Gasteiger partial charge >= 0.3 is 0 Å². The molecule has 6 heteroatoms. The number of carbonyl (C=O) groups is 2. The highest BCUT2D eigenvalue weighted by molar-refractivity contribution is 6.01. The van der Waals surface area contributed by atoms with Crippen LogP contribution < -0.4 is 4.74 Å². The van der Waals surface area contributed by atoms with Gasteiger partial charge in [0.2, 0.25) is 5.78 Å². The van der Waals surface area contributed by atoms with E-state index in [1.165, 1.54) is 0 Å². The third-order valence-corrected chi connectivity index (χ3v) is 9.51. The lowest BCUT2D eigenvalue weighted by molar-refractivity contribution is -0.183. The number of ether oxygens (including phenoxy) is 1. The van der Waals surface area contributed by atoms with Crippen molar-refractivity contribution in [3.05, 3.63) is 48.3 Å². The fourth-order valence-electron chi connectivity index (χ4n) is 7.94. The monoisotopic (exact) mass is 451 g/mol. The van der Waals surface area contributed by atoms with Gasteiger partial charge in [0.25, 0.3) is 0 Å². The van der Waals surface area contributed by atoms with Crippen LogP contribution in [0.25, 0.3) is 0 Å². The fraction of sp³-hybridized carbons (Fsp3) is 0.593. The van der Waals surface area contributed by atoms with E-state index in [9.17, 15) is 19.8 Å². The molecule has 33 heavy (non-hydrogen) atoms. The normalized spacial score (nSPS) is 43.8. The molecule has 0 aliphatic heterocycles. The number of hydrogen-bond donors (Lipinski definition) is 2. The van der Waals surface area contributed by atoms with Gasteiger partial charge in [-0.2, -0.15) is 0 Å². The molecule has 0 radical (unpaired) electrons. The molecule has 0 spiro atoms. The Morgan fingerprint density at radius 2 is 2.12 bits per heavy atom. The zero-order valence-electron chi connectivity index (χ0n) is 19.5. The molecule has 5 unspecified atom stereocenters. The third kappa shape index (κ3) is 3.10. The fourth-order valence-corrected chi connectivity index (χ4v) is 7.94. The predicted octanol–water partition coefficient (Wildman–Crippen LogP) is 3.29. The third-order valence-electron chi connectivity index (χ3n) is 9.51. The van der Waals surface area contributed by atoms with Crippen LogP contribution in [0.1, 0.15) is 46.5 Å². The maximum Gasteiger partial charge on any atom is 0.202 e. The minimum Gasteiger partial charge on any atom is -0.484 e. The van der Waals surface area contributed by atoms with E-state index in [1.54, 1.807) is 36.7 Å². The summed E-state index contributed by atoms with van der Waals surface area (Å²) in [5.41, 5.74) is -1.58. The molecule has 1 aromatic rings. The van der Waals surface area contributed by atoms with Crippen molar-refractivity contribution in [3.8, 4) is 5.75 Å². The molecule has 176 valence electrons. The molecule has 0 bridgehead atoms. The van der Waals surface area contributed by atoms with Gasteiger partial charge in [0.1, 0.15) is 18.0 Å². The molecule has 6 nitrogen and oxygen atoms in total. The molecule has 2 N–H and O–H groups in total. The van der Waals surface area contributed by atoms with Crippen molar-refractivity contribution in [3.63, 3.8) is 0 Å². The van der Waals surface area contributed by atoms with Crippen LogP contribution in [0.3, 0.4) is 0 Å². The Morgan fingerprint density at radius 1 is 1.33 bits per heavy atom. The first-order valence-electron chi connectivity index (χ1n) is 12.0. The number of Topliss-reactive ketones (excluding diaryl/α,β-unsaturated/α-hetero) is 1. The smallest absolute Gasteiger partial charge is 0.202 e. The molecule has 0 aromatic carbocycles. The molecule has 5 rings (SSSR count). The summed E-state index contributed by atoms with van der Waals surface area (Å²) in [6.07, 6.45) is 10.6. The van der Waals surface area contributed by atoms with Gasteiger partial charge in [0.05, 0.1) is 12.3 Å². The largest absolute Gasteiger partial charge is 0.484 e. The first-order valence-corrected chi connectivity index (χ1v) is 12.0. The van der Waals surface area contributed by atoms with Gasteiger partial charge in [-0.05, 0) is 67.7 Å². The van der Waals surface area contributed by atoms with Gasteiger partial charge in [-0.25, -0.2) is 0 Å². The van der Waals surface area contributed by atoms with Crippen molar-refractivity contribution in [2.24, 2.45) is 34.5 Å². The molecule has 3 saturated carbocycles. The van der Waals surface area contributed by atoms with Gasteiger partial charge in [0.15, 0.2) is 5.78 Å². The van der Waals surface area contributed by atoms with Gasteiger partial charge in [-0.3, -0.25) is 14.6 Å². The number of rotatable bonds is 4. The Balaban J connectivity index is 1.45. The second-order valence-electron chi connectivity index (χ2n) is 11.0. The maximum atomic E-state index is 13.5. The Hall–Kier alpha value is -2.31. The van der Waals surface area contributed by atoms with E-state index >= 15 is 0 Å². The maximum absolute atomic E-state index is 13.5.